The number of carbonyl (C=O) groups is 2. The molecule has 0 fully saturated rings. The molecule has 29 heavy (non-hydrogen) atoms. The molecule has 0 spiro atoms. The van der Waals surface area contributed by atoms with E-state index in [4.69, 9.17) is 9.52 Å². The van der Waals surface area contributed by atoms with E-state index in [1.54, 1.807) is 16.8 Å². The number of hydrogen-bond acceptors (Lipinski definition) is 4. The summed E-state index contributed by atoms with van der Waals surface area (Å²) in [4.78, 5) is 24.4. The molecule has 2 heterocycles. The minimum atomic E-state index is -0.345. The molecule has 0 unspecified atom stereocenters. The molecule has 0 aliphatic carbocycles. The lowest BCUT2D eigenvalue weighted by Gasteiger charge is -2.14. The average molecular weight is 394 g/mol. The van der Waals surface area contributed by atoms with Gasteiger partial charge in [0.05, 0.1) is 17.6 Å². The number of nitrogens with one attached hydrogen (secondary N) is 2. The van der Waals surface area contributed by atoms with Crippen LogP contribution in [-0.4, -0.2) is 28.1 Å². The van der Waals surface area contributed by atoms with Crippen molar-refractivity contribution < 1.29 is 14.0 Å². The smallest absolute Gasteiger partial charge is 0.286 e. The van der Waals surface area contributed by atoms with Gasteiger partial charge in [-0.3, -0.25) is 9.59 Å². The summed E-state index contributed by atoms with van der Waals surface area (Å²) in [6.07, 6.45) is 1.57. The fourth-order valence-corrected chi connectivity index (χ4v) is 2.81. The molecule has 2 aromatic heterocycles. The van der Waals surface area contributed by atoms with Crippen molar-refractivity contribution in [3.8, 4) is 5.69 Å². The third kappa shape index (κ3) is 4.93. The number of hydrogen-bond donors (Lipinski definition) is 2. The van der Waals surface area contributed by atoms with Crippen molar-refractivity contribution in [3.63, 3.8) is 0 Å². The molecule has 0 bridgehead atoms. The van der Waals surface area contributed by atoms with E-state index in [-0.39, 0.29) is 36.0 Å². The Kier molecular flexibility index (Phi) is 5.87. The van der Waals surface area contributed by atoms with Crippen LogP contribution in [0.1, 0.15) is 49.0 Å². The van der Waals surface area contributed by atoms with E-state index in [0.717, 1.165) is 16.9 Å². The van der Waals surface area contributed by atoms with E-state index in [1.165, 1.54) is 6.26 Å². The Morgan fingerprint density at radius 2 is 1.90 bits per heavy atom. The second-order valence-electron chi connectivity index (χ2n) is 7.89. The fraction of sp³-hybridized carbons (Fsp3) is 0.318. The Labute approximate surface area is 170 Å². The molecule has 7 heteroatoms. The van der Waals surface area contributed by atoms with Crippen LogP contribution in [0.15, 0.2) is 53.1 Å². The van der Waals surface area contributed by atoms with Gasteiger partial charge in [0.25, 0.3) is 5.91 Å². The lowest BCUT2D eigenvalue weighted by atomic mass is 9.92. The number of nitrogens with zero attached hydrogens (tertiary/aromatic N) is 2. The number of aryl methyl sites for hydroxylation is 1. The molecule has 0 aliphatic heterocycles. The van der Waals surface area contributed by atoms with Crippen LogP contribution < -0.4 is 10.6 Å². The van der Waals surface area contributed by atoms with Crippen molar-refractivity contribution in [2.24, 2.45) is 0 Å². The summed E-state index contributed by atoms with van der Waals surface area (Å²) < 4.78 is 6.79. The van der Waals surface area contributed by atoms with Crippen LogP contribution in [0.3, 0.4) is 0 Å². The molecular formula is C22H26N4O3. The highest BCUT2D eigenvalue weighted by Gasteiger charge is 2.22. The third-order valence-corrected chi connectivity index (χ3v) is 4.47. The maximum Gasteiger partial charge on any atom is 0.286 e. The zero-order valence-electron chi connectivity index (χ0n) is 17.2. The van der Waals surface area contributed by atoms with Crippen LogP contribution in [0.25, 0.3) is 5.69 Å². The highest BCUT2D eigenvalue weighted by atomic mass is 16.3. The molecular weight excluding hydrogens is 368 g/mol. The standard InChI is InChI=1S/C22H26N4O3/c1-15-8-5-6-9-16(15)26-19(14-18(25-26)22(2,3)4)24-20(27)11-12-23-21(28)17-10-7-13-29-17/h5-10,13-14H,11-12H2,1-4H3,(H,23,28)(H,24,27). The van der Waals surface area contributed by atoms with Crippen LogP contribution in [0.2, 0.25) is 0 Å². The summed E-state index contributed by atoms with van der Waals surface area (Å²) in [7, 11) is 0. The molecule has 7 nitrogen and oxygen atoms in total. The predicted molar refractivity (Wildman–Crippen MR) is 111 cm³/mol. The molecule has 0 saturated heterocycles. The fourth-order valence-electron chi connectivity index (χ4n) is 2.81. The number of amides is 2. The minimum absolute atomic E-state index is 0.135. The average Bonchev–Trinajstić information content (AvgIpc) is 3.32. The summed E-state index contributed by atoms with van der Waals surface area (Å²) in [6.45, 7) is 8.44. The number of rotatable bonds is 6. The van der Waals surface area contributed by atoms with E-state index in [0.29, 0.717) is 5.82 Å². The van der Waals surface area contributed by atoms with Crippen LogP contribution in [-0.2, 0) is 10.2 Å². The van der Waals surface area contributed by atoms with Crippen LogP contribution in [0.5, 0.6) is 0 Å². The summed E-state index contributed by atoms with van der Waals surface area (Å²) in [5.41, 5.74) is 2.67. The summed E-state index contributed by atoms with van der Waals surface area (Å²) in [5, 5.41) is 10.3. The number of furan rings is 1. The highest BCUT2D eigenvalue weighted by molar-refractivity contribution is 5.93. The first kappa shape index (κ1) is 20.4. The first-order chi connectivity index (χ1) is 13.8. The second kappa shape index (κ2) is 8.34. The predicted octanol–water partition coefficient (Wildman–Crippen LogP) is 3.83. The Bertz CT molecular complexity index is 997. The zero-order chi connectivity index (χ0) is 21.0. The summed E-state index contributed by atoms with van der Waals surface area (Å²) in [5.74, 6) is 0.271. The normalized spacial score (nSPS) is 11.3. The molecule has 0 saturated carbocycles. The second-order valence-corrected chi connectivity index (χ2v) is 7.89. The van der Waals surface area contributed by atoms with Gasteiger partial charge >= 0.3 is 0 Å². The SMILES string of the molecule is Cc1ccccc1-n1nc(C(C)(C)C)cc1NC(=O)CCNC(=O)c1ccco1. The first-order valence-corrected chi connectivity index (χ1v) is 9.54. The van der Waals surface area contributed by atoms with Gasteiger partial charge in [-0.1, -0.05) is 39.0 Å². The third-order valence-electron chi connectivity index (χ3n) is 4.47. The number of para-hydroxylation sites is 1. The van der Waals surface area contributed by atoms with Gasteiger partial charge in [0.1, 0.15) is 5.82 Å². The lowest BCUT2D eigenvalue weighted by Crippen LogP contribution is -2.27. The van der Waals surface area contributed by atoms with Crippen molar-refractivity contribution in [1.29, 1.82) is 0 Å². The summed E-state index contributed by atoms with van der Waals surface area (Å²) in [6, 6.07) is 13.0. The largest absolute Gasteiger partial charge is 0.459 e. The molecule has 2 N–H and O–H groups in total. The van der Waals surface area contributed by atoms with Gasteiger partial charge in [0, 0.05) is 24.4 Å². The van der Waals surface area contributed by atoms with Gasteiger partial charge in [-0.25, -0.2) is 4.68 Å². The lowest BCUT2D eigenvalue weighted by molar-refractivity contribution is -0.116. The molecule has 0 radical (unpaired) electrons. The van der Waals surface area contributed by atoms with E-state index in [9.17, 15) is 9.59 Å². The van der Waals surface area contributed by atoms with Crippen molar-refractivity contribution in [1.82, 2.24) is 15.1 Å². The maximum atomic E-state index is 12.5. The van der Waals surface area contributed by atoms with Crippen molar-refractivity contribution in [2.45, 2.75) is 39.5 Å². The van der Waals surface area contributed by atoms with Gasteiger partial charge in [-0.2, -0.15) is 5.10 Å². The molecule has 152 valence electrons. The van der Waals surface area contributed by atoms with Crippen molar-refractivity contribution in [3.05, 3.63) is 65.7 Å². The van der Waals surface area contributed by atoms with Crippen molar-refractivity contribution >= 4 is 17.6 Å². The van der Waals surface area contributed by atoms with E-state index in [2.05, 4.69) is 31.4 Å². The molecule has 0 atom stereocenters. The van der Waals surface area contributed by atoms with Gasteiger partial charge in [-0.15, -0.1) is 0 Å². The number of carbonyl (C=O) groups excluding carboxylic acids is 2. The molecule has 3 aromatic rings. The molecule has 3 rings (SSSR count). The molecule has 2 amide bonds. The number of benzene rings is 1. The first-order valence-electron chi connectivity index (χ1n) is 9.54. The van der Waals surface area contributed by atoms with Gasteiger partial charge in [-0.05, 0) is 30.7 Å². The topological polar surface area (TPSA) is 89.2 Å². The van der Waals surface area contributed by atoms with Crippen LogP contribution in [0.4, 0.5) is 5.82 Å². The maximum absolute atomic E-state index is 12.5. The van der Waals surface area contributed by atoms with Gasteiger partial charge in [0.2, 0.25) is 5.91 Å². The van der Waals surface area contributed by atoms with Gasteiger partial charge in [0.15, 0.2) is 5.76 Å². The van der Waals surface area contributed by atoms with E-state index >= 15 is 0 Å². The zero-order valence-corrected chi connectivity index (χ0v) is 17.2. The number of aromatic nitrogens is 2. The Balaban J connectivity index is 1.72. The molecule has 1 aromatic carbocycles. The van der Waals surface area contributed by atoms with E-state index in [1.807, 2.05) is 37.3 Å². The number of anilines is 1. The van der Waals surface area contributed by atoms with Crippen molar-refractivity contribution in [2.75, 3.05) is 11.9 Å². The van der Waals surface area contributed by atoms with Crippen LogP contribution >= 0.6 is 0 Å². The molecule has 0 aliphatic rings. The van der Waals surface area contributed by atoms with Gasteiger partial charge < -0.3 is 15.1 Å². The minimum Gasteiger partial charge on any atom is -0.459 e. The highest BCUT2D eigenvalue weighted by Crippen LogP contribution is 2.27. The quantitative estimate of drug-likeness (QED) is 0.665. The Hall–Kier alpha value is -3.35. The monoisotopic (exact) mass is 394 g/mol. The summed E-state index contributed by atoms with van der Waals surface area (Å²) >= 11 is 0. The Morgan fingerprint density at radius 3 is 2.55 bits per heavy atom. The van der Waals surface area contributed by atoms with E-state index < -0.39 is 0 Å². The Morgan fingerprint density at radius 1 is 1.14 bits per heavy atom. The van der Waals surface area contributed by atoms with Crippen LogP contribution in [0, 0.1) is 6.92 Å².